The minimum Gasteiger partial charge on any atom is -0.362 e. The van der Waals surface area contributed by atoms with E-state index in [-0.39, 0.29) is 10.9 Å². The largest absolute Gasteiger partial charge is 0.362 e. The molecule has 2 aromatic heterocycles. The molecule has 1 unspecified atom stereocenters. The predicted octanol–water partition coefficient (Wildman–Crippen LogP) is 3.00. The number of aromatic nitrogens is 4. The Hall–Kier alpha value is -3.30. The summed E-state index contributed by atoms with van der Waals surface area (Å²) in [5.74, 6) is 1.27. The third kappa shape index (κ3) is 3.96. The van der Waals surface area contributed by atoms with Gasteiger partial charge in [0.1, 0.15) is 5.82 Å². The Labute approximate surface area is 168 Å². The van der Waals surface area contributed by atoms with Gasteiger partial charge in [0.15, 0.2) is 11.5 Å². The molecule has 0 fully saturated rings. The van der Waals surface area contributed by atoms with Crippen LogP contribution in [0.3, 0.4) is 0 Å². The normalized spacial score (nSPS) is 12.8. The molecular weight excluding hydrogens is 388 g/mol. The molecule has 8 nitrogen and oxygen atoms in total. The Bertz CT molecular complexity index is 1250. The molecule has 0 amide bonds. The number of rotatable bonds is 6. The molecule has 148 valence electrons. The first kappa shape index (κ1) is 19.0. The van der Waals surface area contributed by atoms with Crippen molar-refractivity contribution in [2.45, 2.75) is 24.3 Å². The summed E-state index contributed by atoms with van der Waals surface area (Å²) in [6, 6.07) is 19.8. The van der Waals surface area contributed by atoms with Crippen molar-refractivity contribution in [3.63, 3.8) is 0 Å². The third-order valence-electron chi connectivity index (χ3n) is 4.61. The molecule has 2 heterocycles. The van der Waals surface area contributed by atoms with Crippen LogP contribution in [0.25, 0.3) is 17.0 Å². The number of primary sulfonamides is 1. The summed E-state index contributed by atoms with van der Waals surface area (Å²) in [4.78, 5) is 0.0869. The first-order valence-electron chi connectivity index (χ1n) is 9.13. The van der Waals surface area contributed by atoms with E-state index >= 15 is 0 Å². The highest BCUT2D eigenvalue weighted by Crippen LogP contribution is 2.24. The summed E-state index contributed by atoms with van der Waals surface area (Å²) in [5.41, 5.74) is 2.36. The van der Waals surface area contributed by atoms with Crippen molar-refractivity contribution in [3.8, 4) is 11.4 Å². The second-order valence-corrected chi connectivity index (χ2v) is 8.16. The molecule has 29 heavy (non-hydrogen) atoms. The maximum atomic E-state index is 11.7. The van der Waals surface area contributed by atoms with Crippen LogP contribution in [0.15, 0.2) is 71.6 Å². The molecule has 0 aliphatic carbocycles. The fraction of sp³-hybridized carbons (Fsp3) is 0.150. The van der Waals surface area contributed by atoms with Crippen LogP contribution < -0.4 is 10.5 Å². The summed E-state index contributed by atoms with van der Waals surface area (Å²) in [7, 11) is -3.76. The Morgan fingerprint density at radius 1 is 1.03 bits per heavy atom. The second kappa shape index (κ2) is 7.61. The van der Waals surface area contributed by atoms with E-state index in [2.05, 4.69) is 20.6 Å². The fourth-order valence-corrected chi connectivity index (χ4v) is 3.71. The van der Waals surface area contributed by atoms with E-state index in [0.29, 0.717) is 17.3 Å². The maximum absolute atomic E-state index is 11.7. The van der Waals surface area contributed by atoms with Crippen LogP contribution in [-0.2, 0) is 10.0 Å². The quantitative estimate of drug-likeness (QED) is 0.507. The lowest BCUT2D eigenvalue weighted by molar-refractivity contribution is 0.597. The van der Waals surface area contributed by atoms with Crippen LogP contribution in [0.5, 0.6) is 0 Å². The average Bonchev–Trinajstić information content (AvgIpc) is 3.15. The first-order chi connectivity index (χ1) is 14.0. The van der Waals surface area contributed by atoms with Crippen molar-refractivity contribution >= 4 is 21.5 Å². The number of hydrogen-bond acceptors (Lipinski definition) is 6. The van der Waals surface area contributed by atoms with E-state index in [0.717, 1.165) is 17.5 Å². The number of nitrogens with zero attached hydrogens (tertiary/aromatic N) is 4. The summed E-state index contributed by atoms with van der Waals surface area (Å²) in [6.45, 7) is 2.01. The molecule has 9 heteroatoms. The van der Waals surface area contributed by atoms with E-state index in [1.165, 1.54) is 6.07 Å². The van der Waals surface area contributed by atoms with Gasteiger partial charge in [0.05, 0.1) is 10.9 Å². The van der Waals surface area contributed by atoms with Gasteiger partial charge in [0, 0.05) is 5.56 Å². The molecule has 2 aromatic carbocycles. The van der Waals surface area contributed by atoms with Gasteiger partial charge in [-0.2, -0.15) is 4.52 Å². The Morgan fingerprint density at radius 2 is 1.83 bits per heavy atom. The van der Waals surface area contributed by atoms with Gasteiger partial charge in [0.2, 0.25) is 10.0 Å². The standard InChI is InChI=1S/C20H20N6O2S/c1-2-17(15-9-6-10-16(13-15)29(21,27)28)22-18-11-12-19-23-24-20(26(19)25-18)14-7-4-3-5-8-14/h3-13,17H,2H2,1H3,(H,22,25)(H2,21,27,28). The highest BCUT2D eigenvalue weighted by atomic mass is 32.2. The van der Waals surface area contributed by atoms with Crippen LogP contribution in [0, 0.1) is 0 Å². The number of anilines is 1. The monoisotopic (exact) mass is 408 g/mol. The van der Waals surface area contributed by atoms with Gasteiger partial charge >= 0.3 is 0 Å². The van der Waals surface area contributed by atoms with E-state index in [9.17, 15) is 8.42 Å². The van der Waals surface area contributed by atoms with E-state index in [1.807, 2.05) is 55.5 Å². The van der Waals surface area contributed by atoms with Gasteiger partial charge in [0.25, 0.3) is 0 Å². The molecule has 4 aromatic rings. The first-order valence-corrected chi connectivity index (χ1v) is 10.7. The molecule has 0 saturated carbocycles. The van der Waals surface area contributed by atoms with Crippen molar-refractivity contribution in [3.05, 3.63) is 72.3 Å². The molecule has 3 N–H and O–H groups in total. The van der Waals surface area contributed by atoms with E-state index in [4.69, 9.17) is 5.14 Å². The lowest BCUT2D eigenvalue weighted by Crippen LogP contribution is -2.15. The van der Waals surface area contributed by atoms with Gasteiger partial charge in [-0.15, -0.1) is 15.3 Å². The Balaban J connectivity index is 1.68. The molecule has 1 atom stereocenters. The number of fused-ring (bicyclic) bond motifs is 1. The zero-order valence-corrected chi connectivity index (χ0v) is 16.5. The molecule has 0 saturated heterocycles. The van der Waals surface area contributed by atoms with Gasteiger partial charge < -0.3 is 5.32 Å². The van der Waals surface area contributed by atoms with Crippen molar-refractivity contribution in [1.82, 2.24) is 19.8 Å². The zero-order valence-electron chi connectivity index (χ0n) is 15.7. The fourth-order valence-electron chi connectivity index (χ4n) is 3.14. The van der Waals surface area contributed by atoms with Gasteiger partial charge in [-0.05, 0) is 36.2 Å². The third-order valence-corrected chi connectivity index (χ3v) is 5.53. The number of sulfonamides is 1. The smallest absolute Gasteiger partial charge is 0.238 e. The summed E-state index contributed by atoms with van der Waals surface area (Å²) in [6.07, 6.45) is 0.724. The second-order valence-electron chi connectivity index (χ2n) is 6.60. The minimum absolute atomic E-state index is 0.0869. The zero-order chi connectivity index (χ0) is 20.4. The highest BCUT2D eigenvalue weighted by Gasteiger charge is 2.15. The van der Waals surface area contributed by atoms with Crippen molar-refractivity contribution in [2.75, 3.05) is 5.32 Å². The Morgan fingerprint density at radius 3 is 2.55 bits per heavy atom. The molecule has 0 aliphatic rings. The van der Waals surface area contributed by atoms with Crippen LogP contribution in [0.4, 0.5) is 5.82 Å². The average molecular weight is 408 g/mol. The van der Waals surface area contributed by atoms with Crippen LogP contribution in [0.1, 0.15) is 24.9 Å². The Kier molecular flexibility index (Phi) is 4.99. The van der Waals surface area contributed by atoms with Crippen molar-refractivity contribution in [2.24, 2.45) is 5.14 Å². The molecule has 0 bridgehead atoms. The van der Waals surface area contributed by atoms with E-state index < -0.39 is 10.0 Å². The van der Waals surface area contributed by atoms with Crippen LogP contribution in [-0.4, -0.2) is 28.2 Å². The van der Waals surface area contributed by atoms with E-state index in [1.54, 1.807) is 16.6 Å². The number of nitrogens with two attached hydrogens (primary N) is 1. The van der Waals surface area contributed by atoms with Gasteiger partial charge in [-0.25, -0.2) is 13.6 Å². The maximum Gasteiger partial charge on any atom is 0.238 e. The number of benzene rings is 2. The number of hydrogen-bond donors (Lipinski definition) is 2. The lowest BCUT2D eigenvalue weighted by Gasteiger charge is -2.18. The highest BCUT2D eigenvalue weighted by molar-refractivity contribution is 7.89. The summed E-state index contributed by atoms with van der Waals surface area (Å²) in [5, 5.41) is 21.7. The SMILES string of the molecule is CCC(Nc1ccc2nnc(-c3ccccc3)n2n1)c1cccc(S(N)(=O)=O)c1. The molecule has 4 rings (SSSR count). The van der Waals surface area contributed by atoms with Crippen LogP contribution in [0.2, 0.25) is 0 Å². The predicted molar refractivity (Wildman–Crippen MR) is 111 cm³/mol. The van der Waals surface area contributed by atoms with Gasteiger partial charge in [-0.1, -0.05) is 49.4 Å². The van der Waals surface area contributed by atoms with Crippen molar-refractivity contribution < 1.29 is 8.42 Å². The van der Waals surface area contributed by atoms with Crippen molar-refractivity contribution in [1.29, 1.82) is 0 Å². The number of nitrogens with one attached hydrogen (secondary N) is 1. The molecule has 0 aliphatic heterocycles. The summed E-state index contributed by atoms with van der Waals surface area (Å²) >= 11 is 0. The molecular formula is C20H20N6O2S. The molecule has 0 radical (unpaired) electrons. The minimum atomic E-state index is -3.76. The van der Waals surface area contributed by atoms with Crippen LogP contribution >= 0.6 is 0 Å². The molecule has 0 spiro atoms. The topological polar surface area (TPSA) is 115 Å². The lowest BCUT2D eigenvalue weighted by atomic mass is 10.0. The van der Waals surface area contributed by atoms with Gasteiger partial charge in [-0.3, -0.25) is 0 Å². The summed E-state index contributed by atoms with van der Waals surface area (Å²) < 4.78 is 25.0.